The van der Waals surface area contributed by atoms with Crippen LogP contribution in [0.3, 0.4) is 0 Å². The van der Waals surface area contributed by atoms with Crippen LogP contribution in [0.25, 0.3) is 6.08 Å². The normalized spacial score (nSPS) is 13.9. The third-order valence-electron chi connectivity index (χ3n) is 5.94. The standard InChI is InChI=1S/C27H21ClN4O11/c1-4-42-24-10-14(5-7-21(24)43-20-8-6-15(31(36)37)11-19(20)32(38)39)9-16-25(33)29-27(35)30(26(16)34)18-13-22(40-2)17(28)12-23(18)41-3/h5-13H,4H2,1-3H3,(H,29,33,35)/b16-9+. The number of urea groups is 1. The number of ether oxygens (including phenoxy) is 4. The minimum absolute atomic E-state index is 0.00942. The summed E-state index contributed by atoms with van der Waals surface area (Å²) in [6.45, 7) is 1.80. The number of halogens is 1. The number of methoxy groups -OCH3 is 2. The van der Waals surface area contributed by atoms with Crippen LogP contribution < -0.4 is 29.2 Å². The Bertz CT molecular complexity index is 1710. The third kappa shape index (κ3) is 6.15. The number of rotatable bonds is 10. The van der Waals surface area contributed by atoms with Crippen molar-refractivity contribution in [3.05, 3.63) is 84.9 Å². The molecule has 3 aromatic carbocycles. The van der Waals surface area contributed by atoms with Crippen LogP contribution in [0.5, 0.6) is 28.7 Å². The molecule has 1 N–H and O–H groups in total. The summed E-state index contributed by atoms with van der Waals surface area (Å²) in [6.07, 6.45) is 1.21. The van der Waals surface area contributed by atoms with Gasteiger partial charge in [-0.15, -0.1) is 0 Å². The van der Waals surface area contributed by atoms with E-state index in [2.05, 4.69) is 5.32 Å². The van der Waals surface area contributed by atoms with Crippen molar-refractivity contribution in [2.45, 2.75) is 6.92 Å². The molecule has 3 aromatic rings. The minimum Gasteiger partial charge on any atom is -0.495 e. The molecule has 0 atom stereocenters. The zero-order chi connectivity index (χ0) is 31.4. The Hall–Kier alpha value is -5.70. The summed E-state index contributed by atoms with van der Waals surface area (Å²) < 4.78 is 21.7. The molecule has 1 aliphatic heterocycles. The molecule has 1 heterocycles. The summed E-state index contributed by atoms with van der Waals surface area (Å²) in [5.41, 5.74) is -1.33. The molecule has 0 aromatic heterocycles. The molecule has 0 bridgehead atoms. The second-order valence-corrected chi connectivity index (χ2v) is 8.93. The first-order valence-corrected chi connectivity index (χ1v) is 12.6. The smallest absolute Gasteiger partial charge is 0.336 e. The van der Waals surface area contributed by atoms with Crippen LogP contribution in [0.15, 0.2) is 54.1 Å². The highest BCUT2D eigenvalue weighted by Crippen LogP contribution is 2.41. The van der Waals surface area contributed by atoms with Gasteiger partial charge in [-0.3, -0.25) is 35.1 Å². The van der Waals surface area contributed by atoms with Gasteiger partial charge >= 0.3 is 11.7 Å². The summed E-state index contributed by atoms with van der Waals surface area (Å²) >= 11 is 6.14. The molecule has 0 radical (unpaired) electrons. The monoisotopic (exact) mass is 612 g/mol. The number of hydrogen-bond acceptors (Lipinski definition) is 11. The molecule has 0 aliphatic carbocycles. The summed E-state index contributed by atoms with van der Waals surface area (Å²) in [5.74, 6) is -1.94. The van der Waals surface area contributed by atoms with E-state index < -0.39 is 44.6 Å². The van der Waals surface area contributed by atoms with Crippen molar-refractivity contribution < 1.29 is 43.2 Å². The Morgan fingerprint density at radius 1 is 0.884 bits per heavy atom. The van der Waals surface area contributed by atoms with Crippen molar-refractivity contribution in [1.29, 1.82) is 0 Å². The van der Waals surface area contributed by atoms with E-state index >= 15 is 0 Å². The molecule has 0 spiro atoms. The van der Waals surface area contributed by atoms with Gasteiger partial charge in [0.25, 0.3) is 17.5 Å². The molecular weight excluding hydrogens is 592 g/mol. The van der Waals surface area contributed by atoms with Crippen molar-refractivity contribution in [3.8, 4) is 28.7 Å². The quantitative estimate of drug-likeness (QED) is 0.140. The van der Waals surface area contributed by atoms with Crippen LogP contribution in [0.1, 0.15) is 12.5 Å². The number of non-ortho nitro benzene ring substituents is 1. The fourth-order valence-electron chi connectivity index (χ4n) is 4.00. The molecule has 0 saturated carbocycles. The van der Waals surface area contributed by atoms with Gasteiger partial charge in [0.15, 0.2) is 11.5 Å². The number of carbonyl (C=O) groups excluding carboxylic acids is 3. The molecule has 43 heavy (non-hydrogen) atoms. The van der Waals surface area contributed by atoms with Gasteiger partial charge in [-0.2, -0.15) is 0 Å². The summed E-state index contributed by atoms with van der Waals surface area (Å²) in [5, 5.41) is 24.8. The van der Waals surface area contributed by atoms with E-state index in [-0.39, 0.29) is 51.6 Å². The van der Waals surface area contributed by atoms with Crippen molar-refractivity contribution in [3.63, 3.8) is 0 Å². The van der Waals surface area contributed by atoms with Gasteiger partial charge in [-0.05, 0) is 36.8 Å². The zero-order valence-corrected chi connectivity index (χ0v) is 23.4. The zero-order valence-electron chi connectivity index (χ0n) is 22.6. The fourth-order valence-corrected chi connectivity index (χ4v) is 4.23. The van der Waals surface area contributed by atoms with Gasteiger partial charge in [-0.25, -0.2) is 9.69 Å². The van der Waals surface area contributed by atoms with Gasteiger partial charge in [0.2, 0.25) is 5.75 Å². The predicted octanol–water partition coefficient (Wildman–Crippen LogP) is 5.03. The number of anilines is 1. The average molecular weight is 613 g/mol. The number of nitrogens with zero attached hydrogens (tertiary/aromatic N) is 3. The lowest BCUT2D eigenvalue weighted by Gasteiger charge is -2.28. The first kappa shape index (κ1) is 30.3. The van der Waals surface area contributed by atoms with Crippen LogP contribution in [-0.2, 0) is 9.59 Å². The van der Waals surface area contributed by atoms with E-state index in [0.717, 1.165) is 18.2 Å². The van der Waals surface area contributed by atoms with Gasteiger partial charge < -0.3 is 18.9 Å². The molecular formula is C27H21ClN4O11. The lowest BCUT2D eigenvalue weighted by atomic mass is 10.1. The first-order chi connectivity index (χ1) is 20.5. The summed E-state index contributed by atoms with van der Waals surface area (Å²) in [6, 6.07) is 8.71. The van der Waals surface area contributed by atoms with E-state index in [0.29, 0.717) is 4.90 Å². The SMILES string of the molecule is CCOc1cc(/C=C2\C(=O)NC(=O)N(c3cc(OC)c(Cl)cc3OC)C2=O)ccc1Oc1ccc([N+](=O)[O-])cc1[N+](=O)[O-]. The molecule has 1 saturated heterocycles. The number of hydrogen-bond donors (Lipinski definition) is 1. The highest BCUT2D eigenvalue weighted by Gasteiger charge is 2.38. The van der Waals surface area contributed by atoms with Gasteiger partial charge in [-0.1, -0.05) is 17.7 Å². The Kier molecular flexibility index (Phi) is 8.76. The summed E-state index contributed by atoms with van der Waals surface area (Å²) in [7, 11) is 2.65. The molecule has 15 nitrogen and oxygen atoms in total. The molecule has 1 aliphatic rings. The number of barbiturate groups is 1. The maximum atomic E-state index is 13.5. The van der Waals surface area contributed by atoms with Crippen molar-refractivity contribution in [2.24, 2.45) is 0 Å². The maximum absolute atomic E-state index is 13.5. The molecule has 0 unspecified atom stereocenters. The van der Waals surface area contributed by atoms with Gasteiger partial charge in [0.1, 0.15) is 17.1 Å². The number of nitro benzene ring substituents is 2. The lowest BCUT2D eigenvalue weighted by Crippen LogP contribution is -2.54. The van der Waals surface area contributed by atoms with E-state index in [9.17, 15) is 34.6 Å². The summed E-state index contributed by atoms with van der Waals surface area (Å²) in [4.78, 5) is 60.6. The van der Waals surface area contributed by atoms with Crippen LogP contribution in [-0.4, -0.2) is 48.5 Å². The number of nitro groups is 2. The molecule has 4 rings (SSSR count). The van der Waals surface area contributed by atoms with Crippen LogP contribution >= 0.6 is 11.6 Å². The Morgan fingerprint density at radius 2 is 1.58 bits per heavy atom. The third-order valence-corrected chi connectivity index (χ3v) is 6.24. The Labute approximate surface area is 247 Å². The largest absolute Gasteiger partial charge is 0.495 e. The second-order valence-electron chi connectivity index (χ2n) is 8.52. The molecule has 4 amide bonds. The average Bonchev–Trinajstić information content (AvgIpc) is 2.96. The maximum Gasteiger partial charge on any atom is 0.336 e. The molecule has 222 valence electrons. The van der Waals surface area contributed by atoms with Gasteiger partial charge in [0, 0.05) is 18.2 Å². The topological polar surface area (TPSA) is 190 Å². The molecule has 1 fully saturated rings. The molecule has 16 heteroatoms. The number of imide groups is 2. The number of nitrogens with one attached hydrogen (secondary N) is 1. The Morgan fingerprint density at radius 3 is 2.21 bits per heavy atom. The van der Waals surface area contributed by atoms with Crippen molar-refractivity contribution >= 4 is 52.6 Å². The van der Waals surface area contributed by atoms with Gasteiger partial charge in [0.05, 0.1) is 47.4 Å². The van der Waals surface area contributed by atoms with Crippen LogP contribution in [0, 0.1) is 20.2 Å². The van der Waals surface area contributed by atoms with E-state index in [1.807, 2.05) is 0 Å². The number of benzene rings is 3. The number of amides is 4. The van der Waals surface area contributed by atoms with Crippen LogP contribution in [0.2, 0.25) is 5.02 Å². The predicted molar refractivity (Wildman–Crippen MR) is 151 cm³/mol. The number of carbonyl (C=O) groups is 3. The van der Waals surface area contributed by atoms with E-state index in [4.69, 9.17) is 30.5 Å². The Balaban J connectivity index is 1.73. The highest BCUT2D eigenvalue weighted by molar-refractivity contribution is 6.39. The van der Waals surface area contributed by atoms with Crippen LogP contribution in [0.4, 0.5) is 21.9 Å². The lowest BCUT2D eigenvalue weighted by molar-refractivity contribution is -0.394. The second kappa shape index (κ2) is 12.4. The van der Waals surface area contributed by atoms with Crippen molar-refractivity contribution in [1.82, 2.24) is 5.32 Å². The highest BCUT2D eigenvalue weighted by atomic mass is 35.5. The fraction of sp³-hybridized carbons (Fsp3) is 0.148. The minimum atomic E-state index is -1.03. The van der Waals surface area contributed by atoms with E-state index in [1.165, 1.54) is 50.6 Å². The van der Waals surface area contributed by atoms with Crippen molar-refractivity contribution in [2.75, 3.05) is 25.7 Å². The van der Waals surface area contributed by atoms with E-state index in [1.54, 1.807) is 6.92 Å². The first-order valence-electron chi connectivity index (χ1n) is 12.2.